The van der Waals surface area contributed by atoms with Crippen molar-refractivity contribution < 1.29 is 14.7 Å². The number of amides is 2. The molecule has 1 spiro atoms. The Bertz CT molecular complexity index is 597. The molecule has 2 fully saturated rings. The first-order valence-electron chi connectivity index (χ1n) is 8.55. The molecule has 2 heterocycles. The van der Waals surface area contributed by atoms with Gasteiger partial charge in [-0.25, -0.2) is 0 Å². The van der Waals surface area contributed by atoms with Crippen molar-refractivity contribution in [1.82, 2.24) is 10.2 Å². The van der Waals surface area contributed by atoms with E-state index in [4.69, 9.17) is 5.73 Å². The zero-order valence-electron chi connectivity index (χ0n) is 13.8. The van der Waals surface area contributed by atoms with E-state index in [2.05, 4.69) is 10.2 Å². The molecule has 2 aliphatic rings. The quantitative estimate of drug-likeness (QED) is 0.751. The Balaban J connectivity index is 1.63. The summed E-state index contributed by atoms with van der Waals surface area (Å²) in [5, 5.41) is 13.6. The molecule has 0 radical (unpaired) electrons. The van der Waals surface area contributed by atoms with E-state index >= 15 is 0 Å². The normalized spacial score (nSPS) is 27.0. The first-order chi connectivity index (χ1) is 11.5. The van der Waals surface area contributed by atoms with Gasteiger partial charge >= 0.3 is 0 Å². The Kier molecular flexibility index (Phi) is 4.87. The number of hydrogen-bond acceptors (Lipinski definition) is 4. The molecule has 1 aromatic carbocycles. The number of primary amides is 1. The molecular weight excluding hydrogens is 306 g/mol. The maximum absolute atomic E-state index is 12.8. The van der Waals surface area contributed by atoms with Crippen molar-refractivity contribution in [2.45, 2.75) is 37.8 Å². The molecule has 0 aromatic heterocycles. The maximum Gasteiger partial charge on any atom is 0.226 e. The van der Waals surface area contributed by atoms with Crippen molar-refractivity contribution in [2.75, 3.05) is 19.6 Å². The van der Waals surface area contributed by atoms with Crippen molar-refractivity contribution in [3.8, 4) is 0 Å². The van der Waals surface area contributed by atoms with E-state index < -0.39 is 11.5 Å². The number of benzene rings is 1. The van der Waals surface area contributed by atoms with Crippen LogP contribution in [0.25, 0.3) is 0 Å². The lowest BCUT2D eigenvalue weighted by Crippen LogP contribution is -2.57. The van der Waals surface area contributed by atoms with E-state index in [0.717, 1.165) is 18.7 Å². The fourth-order valence-electron chi connectivity index (χ4n) is 3.87. The van der Waals surface area contributed by atoms with Gasteiger partial charge in [0.15, 0.2) is 0 Å². The summed E-state index contributed by atoms with van der Waals surface area (Å²) in [6, 6.07) is 9.27. The van der Waals surface area contributed by atoms with Crippen molar-refractivity contribution in [3.05, 3.63) is 35.9 Å². The second-order valence-corrected chi connectivity index (χ2v) is 6.97. The summed E-state index contributed by atoms with van der Waals surface area (Å²) in [5.41, 5.74) is 5.64. The van der Waals surface area contributed by atoms with Gasteiger partial charge in [-0.15, -0.1) is 0 Å². The van der Waals surface area contributed by atoms with Gasteiger partial charge in [0.25, 0.3) is 0 Å². The number of carbonyl (C=O) groups excluding carboxylic acids is 2. The Labute approximate surface area is 142 Å². The first kappa shape index (κ1) is 16.9. The molecule has 6 heteroatoms. The number of carbonyl (C=O) groups is 2. The second-order valence-electron chi connectivity index (χ2n) is 6.97. The third-order valence-electron chi connectivity index (χ3n) is 5.40. The van der Waals surface area contributed by atoms with Crippen LogP contribution in [0.15, 0.2) is 30.3 Å². The van der Waals surface area contributed by atoms with Gasteiger partial charge in [0, 0.05) is 13.0 Å². The number of rotatable bonds is 4. The minimum Gasteiger partial charge on any atom is -0.391 e. The molecule has 0 aliphatic carbocycles. The van der Waals surface area contributed by atoms with Gasteiger partial charge in [0.05, 0.1) is 17.6 Å². The molecular formula is C18H25N3O3. The lowest BCUT2D eigenvalue weighted by molar-refractivity contribution is -0.144. The number of hydrogen-bond donors (Lipinski definition) is 3. The third-order valence-corrected chi connectivity index (χ3v) is 5.40. The lowest BCUT2D eigenvalue weighted by Gasteiger charge is -2.46. The van der Waals surface area contributed by atoms with Crippen LogP contribution in [0.1, 0.15) is 37.3 Å². The molecule has 6 nitrogen and oxygen atoms in total. The molecule has 0 unspecified atom stereocenters. The van der Waals surface area contributed by atoms with Crippen LogP contribution in [0.5, 0.6) is 0 Å². The minimum atomic E-state index is -0.581. The zero-order chi connectivity index (χ0) is 17.2. The molecule has 4 N–H and O–H groups in total. The van der Waals surface area contributed by atoms with Crippen molar-refractivity contribution in [2.24, 2.45) is 11.1 Å². The summed E-state index contributed by atoms with van der Waals surface area (Å²) in [5.74, 6) is -0.261. The van der Waals surface area contributed by atoms with Crippen LogP contribution in [-0.2, 0) is 9.59 Å². The largest absolute Gasteiger partial charge is 0.391 e. The number of nitrogens with zero attached hydrogens (tertiary/aromatic N) is 1. The topological polar surface area (TPSA) is 95.7 Å². The molecule has 2 atom stereocenters. The molecule has 1 aromatic rings. The number of nitrogens with two attached hydrogens (primary N) is 1. The highest BCUT2D eigenvalue weighted by Crippen LogP contribution is 2.42. The number of aliphatic hydroxyl groups is 1. The highest BCUT2D eigenvalue weighted by Gasteiger charge is 2.48. The number of aliphatic hydroxyl groups excluding tert-OH is 1. The van der Waals surface area contributed by atoms with E-state index in [0.29, 0.717) is 32.2 Å². The number of likely N-dealkylation sites (tertiary alicyclic amines) is 1. The smallest absolute Gasteiger partial charge is 0.226 e. The zero-order valence-corrected chi connectivity index (χ0v) is 13.8. The van der Waals surface area contributed by atoms with E-state index in [9.17, 15) is 14.7 Å². The van der Waals surface area contributed by atoms with Gasteiger partial charge < -0.3 is 21.1 Å². The van der Waals surface area contributed by atoms with E-state index in [1.54, 1.807) is 0 Å². The van der Waals surface area contributed by atoms with Gasteiger partial charge in [0.2, 0.25) is 11.8 Å². The summed E-state index contributed by atoms with van der Waals surface area (Å²) < 4.78 is 0. The Hall–Kier alpha value is -1.92. The minimum absolute atomic E-state index is 0.0382. The van der Waals surface area contributed by atoms with Gasteiger partial charge in [-0.05, 0) is 37.9 Å². The van der Waals surface area contributed by atoms with E-state index in [1.165, 1.54) is 0 Å². The van der Waals surface area contributed by atoms with Gasteiger partial charge in [-0.2, -0.15) is 0 Å². The molecule has 2 aliphatic heterocycles. The summed E-state index contributed by atoms with van der Waals surface area (Å²) >= 11 is 0. The highest BCUT2D eigenvalue weighted by atomic mass is 16.3. The SMILES string of the molecule is NC(=O)CCN1CCC2(CC1)C[C@@H](O)[C@H](c1ccccc1)NC2=O. The average Bonchev–Trinajstić information content (AvgIpc) is 2.58. The third kappa shape index (κ3) is 3.44. The van der Waals surface area contributed by atoms with Gasteiger partial charge in [-0.1, -0.05) is 30.3 Å². The van der Waals surface area contributed by atoms with Gasteiger partial charge in [-0.3, -0.25) is 9.59 Å². The maximum atomic E-state index is 12.8. The predicted octanol–water partition coefficient (Wildman–Crippen LogP) is 0.566. The van der Waals surface area contributed by atoms with Crippen molar-refractivity contribution in [1.29, 1.82) is 0 Å². The van der Waals surface area contributed by atoms with Crippen molar-refractivity contribution in [3.63, 3.8) is 0 Å². The van der Waals surface area contributed by atoms with E-state index in [1.807, 2.05) is 30.3 Å². The van der Waals surface area contributed by atoms with Crippen LogP contribution in [0, 0.1) is 5.41 Å². The summed E-state index contributed by atoms with van der Waals surface area (Å²) in [7, 11) is 0. The van der Waals surface area contributed by atoms with Crippen LogP contribution < -0.4 is 11.1 Å². The Morgan fingerprint density at radius 1 is 1.29 bits per heavy atom. The average molecular weight is 331 g/mol. The Morgan fingerprint density at radius 3 is 2.58 bits per heavy atom. The molecule has 0 saturated carbocycles. The predicted molar refractivity (Wildman–Crippen MR) is 89.9 cm³/mol. The lowest BCUT2D eigenvalue weighted by atomic mass is 9.69. The standard InChI is InChI=1S/C18H25N3O3/c19-15(23)6-9-21-10-7-18(8-11-21)12-14(22)16(20-17(18)24)13-4-2-1-3-5-13/h1-5,14,16,22H,6-12H2,(H2,19,23)(H,20,24)/t14-,16+/m1/s1. The molecule has 3 rings (SSSR count). The first-order valence-corrected chi connectivity index (χ1v) is 8.55. The fourth-order valence-corrected chi connectivity index (χ4v) is 3.87. The second kappa shape index (κ2) is 6.91. The molecule has 24 heavy (non-hydrogen) atoms. The van der Waals surface area contributed by atoms with E-state index in [-0.39, 0.29) is 17.9 Å². The Morgan fingerprint density at radius 2 is 1.96 bits per heavy atom. The van der Waals surface area contributed by atoms with Crippen LogP contribution >= 0.6 is 0 Å². The van der Waals surface area contributed by atoms with Crippen LogP contribution in [0.3, 0.4) is 0 Å². The van der Waals surface area contributed by atoms with Crippen LogP contribution in [0.4, 0.5) is 0 Å². The fraction of sp³-hybridized carbons (Fsp3) is 0.556. The molecule has 2 saturated heterocycles. The highest BCUT2D eigenvalue weighted by molar-refractivity contribution is 5.84. The van der Waals surface area contributed by atoms with Crippen molar-refractivity contribution >= 4 is 11.8 Å². The molecule has 2 amide bonds. The summed E-state index contributed by atoms with van der Waals surface area (Å²) in [4.78, 5) is 25.8. The molecule has 0 bridgehead atoms. The number of nitrogens with one attached hydrogen (secondary N) is 1. The number of piperidine rings is 2. The van der Waals surface area contributed by atoms with Crippen LogP contribution in [-0.4, -0.2) is 47.6 Å². The molecule has 130 valence electrons. The summed E-state index contributed by atoms with van der Waals surface area (Å²) in [6.45, 7) is 2.15. The van der Waals surface area contributed by atoms with Gasteiger partial charge in [0.1, 0.15) is 0 Å². The summed E-state index contributed by atoms with van der Waals surface area (Å²) in [6.07, 6.45) is 1.66. The monoisotopic (exact) mass is 331 g/mol. The van der Waals surface area contributed by atoms with Crippen LogP contribution in [0.2, 0.25) is 0 Å².